The minimum Gasteiger partial charge on any atom is -0.361 e. The number of hydrogen-bond acceptors (Lipinski definition) is 1. The van der Waals surface area contributed by atoms with Crippen LogP contribution in [0.3, 0.4) is 0 Å². The molecule has 0 saturated carbocycles. The third kappa shape index (κ3) is 1.55. The molecule has 2 heterocycles. The van der Waals surface area contributed by atoms with Gasteiger partial charge in [-0.3, -0.25) is 0 Å². The number of aromatic amines is 1. The summed E-state index contributed by atoms with van der Waals surface area (Å²) in [5.74, 6) is 0.693. The quantitative estimate of drug-likeness (QED) is 0.727. The number of aromatic nitrogens is 1. The van der Waals surface area contributed by atoms with Crippen LogP contribution in [0, 0.1) is 0 Å². The van der Waals surface area contributed by atoms with Gasteiger partial charge in [-0.2, -0.15) is 0 Å². The molecule has 0 aliphatic carbocycles. The second-order valence-electron chi connectivity index (χ2n) is 4.33. The fourth-order valence-corrected chi connectivity index (χ4v) is 2.58. The molecule has 0 amide bonds. The number of rotatable bonds is 1. The molecule has 1 aromatic carbocycles. The van der Waals surface area contributed by atoms with Gasteiger partial charge in [-0.25, -0.2) is 0 Å². The van der Waals surface area contributed by atoms with Crippen molar-refractivity contribution in [3.63, 3.8) is 0 Å². The Kier molecular flexibility index (Phi) is 2.22. The maximum atomic E-state index is 3.48. The lowest BCUT2D eigenvalue weighted by Crippen LogP contribution is -2.28. The summed E-state index contributed by atoms with van der Waals surface area (Å²) in [5.41, 5.74) is 2.76. The Morgan fingerprint density at radius 2 is 2.20 bits per heavy atom. The van der Waals surface area contributed by atoms with Crippen molar-refractivity contribution in [1.29, 1.82) is 0 Å². The molecular weight excluding hydrogens is 184 g/mol. The van der Waals surface area contributed by atoms with E-state index >= 15 is 0 Å². The molecule has 1 saturated heterocycles. The van der Waals surface area contributed by atoms with Crippen LogP contribution in [-0.2, 0) is 0 Å². The van der Waals surface area contributed by atoms with E-state index in [4.69, 9.17) is 0 Å². The van der Waals surface area contributed by atoms with Crippen molar-refractivity contribution in [3.8, 4) is 0 Å². The van der Waals surface area contributed by atoms with Crippen LogP contribution in [0.4, 0.5) is 0 Å². The lowest BCUT2D eigenvalue weighted by molar-refractivity contribution is 0.463. The van der Waals surface area contributed by atoms with Crippen LogP contribution in [0.1, 0.15) is 24.3 Å². The van der Waals surface area contributed by atoms with E-state index in [1.54, 1.807) is 0 Å². The van der Waals surface area contributed by atoms with Crippen molar-refractivity contribution in [1.82, 2.24) is 10.3 Å². The monoisotopic (exact) mass is 200 g/mol. The van der Waals surface area contributed by atoms with Gasteiger partial charge >= 0.3 is 0 Å². The Morgan fingerprint density at radius 3 is 3.07 bits per heavy atom. The number of benzene rings is 1. The van der Waals surface area contributed by atoms with Gasteiger partial charge in [0.2, 0.25) is 0 Å². The van der Waals surface area contributed by atoms with E-state index in [9.17, 15) is 0 Å². The number of hydrogen-bond donors (Lipinski definition) is 2. The van der Waals surface area contributed by atoms with Gasteiger partial charge in [0.05, 0.1) is 0 Å². The first-order valence-electron chi connectivity index (χ1n) is 5.72. The van der Waals surface area contributed by atoms with E-state index in [2.05, 4.69) is 34.6 Å². The minimum absolute atomic E-state index is 0.693. The summed E-state index contributed by atoms with van der Waals surface area (Å²) in [6, 6.07) is 8.77. The zero-order valence-corrected chi connectivity index (χ0v) is 8.79. The largest absolute Gasteiger partial charge is 0.361 e. The van der Waals surface area contributed by atoms with Crippen LogP contribution in [0.5, 0.6) is 0 Å². The lowest BCUT2D eigenvalue weighted by atomic mass is 9.89. The van der Waals surface area contributed by atoms with Gasteiger partial charge in [0.25, 0.3) is 0 Å². The molecule has 15 heavy (non-hydrogen) atoms. The summed E-state index contributed by atoms with van der Waals surface area (Å²) >= 11 is 0. The average molecular weight is 200 g/mol. The average Bonchev–Trinajstić information content (AvgIpc) is 2.78. The summed E-state index contributed by atoms with van der Waals surface area (Å²) in [7, 11) is 0. The van der Waals surface area contributed by atoms with E-state index in [0.29, 0.717) is 5.92 Å². The minimum atomic E-state index is 0.693. The topological polar surface area (TPSA) is 27.8 Å². The molecule has 0 spiro atoms. The standard InChI is InChI=1S/C13H16N2/c1-4-11(10-3-2-7-14-9-10)12-6-8-15-13(12)5-1/h1,4-6,8,10,14-15H,2-3,7,9H2/t10-/m0/s1. The normalized spacial score (nSPS) is 22.0. The predicted octanol–water partition coefficient (Wildman–Crippen LogP) is 2.63. The molecule has 3 rings (SSSR count). The van der Waals surface area contributed by atoms with Crippen LogP contribution >= 0.6 is 0 Å². The summed E-state index contributed by atoms with van der Waals surface area (Å²) in [6.45, 7) is 2.31. The molecule has 1 atom stereocenters. The van der Waals surface area contributed by atoms with E-state index in [-0.39, 0.29) is 0 Å². The van der Waals surface area contributed by atoms with Gasteiger partial charge in [-0.05, 0) is 43.0 Å². The maximum absolute atomic E-state index is 3.48. The summed E-state index contributed by atoms with van der Waals surface area (Å²) in [4.78, 5) is 3.28. The summed E-state index contributed by atoms with van der Waals surface area (Å²) in [6.07, 6.45) is 4.65. The van der Waals surface area contributed by atoms with Gasteiger partial charge in [-0.15, -0.1) is 0 Å². The Labute approximate surface area is 89.7 Å². The van der Waals surface area contributed by atoms with E-state index < -0.39 is 0 Å². The SMILES string of the molecule is c1cc([C@H]2CCCNC2)c2cc[nH]c2c1. The number of nitrogens with one attached hydrogen (secondary N) is 2. The summed E-state index contributed by atoms with van der Waals surface area (Å²) < 4.78 is 0. The zero-order valence-electron chi connectivity index (χ0n) is 8.79. The van der Waals surface area contributed by atoms with Crippen molar-refractivity contribution >= 4 is 10.9 Å². The van der Waals surface area contributed by atoms with Crippen molar-refractivity contribution in [2.75, 3.05) is 13.1 Å². The number of fused-ring (bicyclic) bond motifs is 1. The first-order valence-corrected chi connectivity index (χ1v) is 5.72. The van der Waals surface area contributed by atoms with Crippen molar-refractivity contribution in [2.24, 2.45) is 0 Å². The van der Waals surface area contributed by atoms with Gasteiger partial charge < -0.3 is 10.3 Å². The van der Waals surface area contributed by atoms with Gasteiger partial charge in [-0.1, -0.05) is 12.1 Å². The Bertz CT molecular complexity index is 452. The van der Waals surface area contributed by atoms with E-state index in [1.165, 1.54) is 35.9 Å². The first-order chi connectivity index (χ1) is 7.45. The molecule has 1 aromatic heterocycles. The maximum Gasteiger partial charge on any atom is 0.0456 e. The molecule has 0 unspecified atom stereocenters. The van der Waals surface area contributed by atoms with Gasteiger partial charge in [0.1, 0.15) is 0 Å². The Morgan fingerprint density at radius 1 is 1.20 bits per heavy atom. The molecule has 1 fully saturated rings. The molecule has 0 radical (unpaired) electrons. The van der Waals surface area contributed by atoms with Crippen LogP contribution in [0.25, 0.3) is 10.9 Å². The highest BCUT2D eigenvalue weighted by atomic mass is 14.9. The highest BCUT2D eigenvalue weighted by Crippen LogP contribution is 2.29. The molecule has 2 heteroatoms. The van der Waals surface area contributed by atoms with Crippen LogP contribution in [0.15, 0.2) is 30.5 Å². The smallest absolute Gasteiger partial charge is 0.0456 e. The molecule has 1 aliphatic rings. The van der Waals surface area contributed by atoms with E-state index in [0.717, 1.165) is 6.54 Å². The molecule has 1 aliphatic heterocycles. The highest BCUT2D eigenvalue weighted by Gasteiger charge is 2.16. The molecule has 2 aromatic rings. The van der Waals surface area contributed by atoms with Crippen molar-refractivity contribution in [3.05, 3.63) is 36.0 Å². The molecule has 2 N–H and O–H groups in total. The molecular formula is C13H16N2. The summed E-state index contributed by atoms with van der Waals surface area (Å²) in [5, 5.41) is 4.87. The molecule has 2 nitrogen and oxygen atoms in total. The van der Waals surface area contributed by atoms with Gasteiger partial charge in [0, 0.05) is 23.6 Å². The lowest BCUT2D eigenvalue weighted by Gasteiger charge is -2.23. The highest BCUT2D eigenvalue weighted by molar-refractivity contribution is 5.83. The van der Waals surface area contributed by atoms with Gasteiger partial charge in [0.15, 0.2) is 0 Å². The van der Waals surface area contributed by atoms with Crippen LogP contribution in [-0.4, -0.2) is 18.1 Å². The second kappa shape index (κ2) is 3.70. The van der Waals surface area contributed by atoms with Crippen molar-refractivity contribution < 1.29 is 0 Å². The fraction of sp³-hybridized carbons (Fsp3) is 0.385. The fourth-order valence-electron chi connectivity index (χ4n) is 2.58. The third-order valence-corrected chi connectivity index (χ3v) is 3.37. The van der Waals surface area contributed by atoms with E-state index in [1.807, 2.05) is 6.20 Å². The van der Waals surface area contributed by atoms with Crippen LogP contribution in [0.2, 0.25) is 0 Å². The third-order valence-electron chi connectivity index (χ3n) is 3.37. The second-order valence-corrected chi connectivity index (χ2v) is 4.33. The predicted molar refractivity (Wildman–Crippen MR) is 63.1 cm³/mol. The van der Waals surface area contributed by atoms with Crippen LogP contribution < -0.4 is 5.32 Å². The zero-order chi connectivity index (χ0) is 10.1. The molecule has 78 valence electrons. The number of piperidine rings is 1. The van der Waals surface area contributed by atoms with Crippen molar-refractivity contribution in [2.45, 2.75) is 18.8 Å². The Hall–Kier alpha value is -1.28. The Balaban J connectivity index is 2.05. The first kappa shape index (κ1) is 8.98. The number of H-pyrrole nitrogens is 1. The molecule has 0 bridgehead atoms.